The number of phenols is 1. The first-order chi connectivity index (χ1) is 18.9. The number of primary amides is 1. The maximum Gasteiger partial charge on any atom is 0.326 e. The molecule has 0 fully saturated rings. The van der Waals surface area contributed by atoms with E-state index >= 15 is 0 Å². The van der Waals surface area contributed by atoms with Gasteiger partial charge in [-0.15, -0.1) is 0 Å². The Morgan fingerprint density at radius 2 is 1.38 bits per heavy atom. The van der Waals surface area contributed by atoms with Crippen LogP contribution in [-0.4, -0.2) is 64.0 Å². The Morgan fingerprint density at radius 1 is 0.800 bits per heavy atom. The van der Waals surface area contributed by atoms with Crippen molar-refractivity contribution in [2.75, 3.05) is 0 Å². The van der Waals surface area contributed by atoms with Crippen LogP contribution < -0.4 is 27.4 Å². The van der Waals surface area contributed by atoms with Gasteiger partial charge in [0.1, 0.15) is 23.9 Å². The number of hydrogen-bond donors (Lipinski definition) is 7. The number of amides is 4. The Balaban J connectivity index is 2.22. The predicted molar refractivity (Wildman–Crippen MR) is 147 cm³/mol. The molecule has 0 aliphatic heterocycles. The lowest BCUT2D eigenvalue weighted by atomic mass is 9.96. The van der Waals surface area contributed by atoms with E-state index in [1.54, 1.807) is 49.4 Å². The minimum Gasteiger partial charge on any atom is -0.508 e. The molecular weight excluding hydrogens is 518 g/mol. The molecule has 0 saturated carbocycles. The molecule has 0 heterocycles. The van der Waals surface area contributed by atoms with Gasteiger partial charge in [0, 0.05) is 6.42 Å². The number of carbonyl (C=O) groups excluding carboxylic acids is 4. The van der Waals surface area contributed by atoms with Crippen LogP contribution >= 0.6 is 0 Å². The predicted octanol–water partition coefficient (Wildman–Crippen LogP) is -0.0348. The van der Waals surface area contributed by atoms with Crippen molar-refractivity contribution in [2.24, 2.45) is 17.4 Å². The van der Waals surface area contributed by atoms with Crippen LogP contribution in [0.1, 0.15) is 37.8 Å². The molecule has 2 aromatic rings. The zero-order valence-electron chi connectivity index (χ0n) is 22.5. The highest BCUT2D eigenvalue weighted by atomic mass is 16.4. The quantitative estimate of drug-likeness (QED) is 0.158. The van der Waals surface area contributed by atoms with Crippen LogP contribution in [0.3, 0.4) is 0 Å². The maximum absolute atomic E-state index is 13.4. The summed E-state index contributed by atoms with van der Waals surface area (Å²) in [6, 6.07) is 10.1. The fraction of sp³-hybridized carbons (Fsp3) is 0.393. The molecule has 12 heteroatoms. The summed E-state index contributed by atoms with van der Waals surface area (Å²) in [5.41, 5.74) is 12.6. The van der Waals surface area contributed by atoms with E-state index in [-0.39, 0.29) is 24.5 Å². The van der Waals surface area contributed by atoms with Crippen LogP contribution in [0, 0.1) is 5.92 Å². The largest absolute Gasteiger partial charge is 0.508 e. The van der Waals surface area contributed by atoms with Crippen molar-refractivity contribution in [1.29, 1.82) is 0 Å². The first-order valence-electron chi connectivity index (χ1n) is 12.9. The summed E-state index contributed by atoms with van der Waals surface area (Å²) < 4.78 is 0. The van der Waals surface area contributed by atoms with Gasteiger partial charge in [0.25, 0.3) is 0 Å². The molecule has 0 saturated heterocycles. The molecule has 0 radical (unpaired) electrons. The Morgan fingerprint density at radius 3 is 1.93 bits per heavy atom. The van der Waals surface area contributed by atoms with Gasteiger partial charge in [-0.3, -0.25) is 19.2 Å². The number of aliphatic carboxylic acids is 1. The molecule has 2 aromatic carbocycles. The third-order valence-corrected chi connectivity index (χ3v) is 6.46. The maximum atomic E-state index is 13.4. The molecule has 5 atom stereocenters. The SMILES string of the molecule is CCC(C)C(NC(=O)C(N)Cc1ccc(O)cc1)C(=O)NC(Cc1ccccc1)C(=O)NC(CC(N)=O)C(=O)O. The molecule has 0 bridgehead atoms. The molecule has 0 aromatic heterocycles. The van der Waals surface area contributed by atoms with E-state index in [0.29, 0.717) is 17.5 Å². The van der Waals surface area contributed by atoms with Gasteiger partial charge in [0.2, 0.25) is 23.6 Å². The van der Waals surface area contributed by atoms with Gasteiger partial charge in [-0.2, -0.15) is 0 Å². The summed E-state index contributed by atoms with van der Waals surface area (Å²) in [4.78, 5) is 62.4. The number of hydrogen-bond acceptors (Lipinski definition) is 7. The van der Waals surface area contributed by atoms with Gasteiger partial charge in [-0.05, 0) is 35.6 Å². The average Bonchev–Trinajstić information content (AvgIpc) is 2.91. The van der Waals surface area contributed by atoms with E-state index in [9.17, 15) is 34.2 Å². The first-order valence-corrected chi connectivity index (χ1v) is 12.9. The van der Waals surface area contributed by atoms with Crippen molar-refractivity contribution in [3.8, 4) is 5.75 Å². The van der Waals surface area contributed by atoms with Crippen molar-refractivity contribution in [3.63, 3.8) is 0 Å². The molecule has 2 rings (SSSR count). The van der Waals surface area contributed by atoms with E-state index in [2.05, 4.69) is 16.0 Å². The van der Waals surface area contributed by atoms with Gasteiger partial charge in [-0.1, -0.05) is 62.7 Å². The molecule has 5 unspecified atom stereocenters. The normalized spacial score (nSPS) is 14.6. The van der Waals surface area contributed by atoms with Crippen molar-refractivity contribution < 1.29 is 34.2 Å². The van der Waals surface area contributed by atoms with Crippen molar-refractivity contribution >= 4 is 29.6 Å². The zero-order valence-corrected chi connectivity index (χ0v) is 22.5. The van der Waals surface area contributed by atoms with Gasteiger partial charge in [0.05, 0.1) is 12.5 Å². The van der Waals surface area contributed by atoms with Gasteiger partial charge in [-0.25, -0.2) is 4.79 Å². The fourth-order valence-electron chi connectivity index (χ4n) is 3.94. The van der Waals surface area contributed by atoms with Crippen molar-refractivity contribution in [3.05, 3.63) is 65.7 Å². The van der Waals surface area contributed by atoms with Crippen LogP contribution in [0.15, 0.2) is 54.6 Å². The van der Waals surface area contributed by atoms with E-state index in [4.69, 9.17) is 11.5 Å². The standard InChI is InChI=1S/C28H37N5O7/c1-3-16(2)24(33-25(36)20(29)13-18-9-11-19(34)12-10-18)27(38)31-21(14-17-7-5-4-6-8-17)26(37)32-22(28(39)40)15-23(30)35/h4-12,16,20-22,24,34H,3,13-15,29H2,1-2H3,(H2,30,35)(H,31,38)(H,32,37)(H,33,36)(H,39,40). The Labute approximate surface area is 232 Å². The minimum atomic E-state index is -1.58. The lowest BCUT2D eigenvalue weighted by molar-refractivity contribution is -0.143. The zero-order chi connectivity index (χ0) is 29.8. The number of benzene rings is 2. The lowest BCUT2D eigenvalue weighted by Crippen LogP contribution is -2.59. The van der Waals surface area contributed by atoms with Crippen LogP contribution in [0.5, 0.6) is 5.75 Å². The van der Waals surface area contributed by atoms with Crippen molar-refractivity contribution in [1.82, 2.24) is 16.0 Å². The lowest BCUT2D eigenvalue weighted by Gasteiger charge is -2.28. The highest BCUT2D eigenvalue weighted by Crippen LogP contribution is 2.13. The second-order valence-corrected chi connectivity index (χ2v) is 9.67. The van der Waals surface area contributed by atoms with E-state index in [0.717, 1.165) is 0 Å². The summed E-state index contributed by atoms with van der Waals surface area (Å²) in [6.45, 7) is 3.60. The number of carboxylic acids is 1. The average molecular weight is 556 g/mol. The molecule has 4 amide bonds. The van der Waals surface area contributed by atoms with Gasteiger partial charge < -0.3 is 37.6 Å². The van der Waals surface area contributed by atoms with E-state index in [1.807, 2.05) is 6.92 Å². The molecule has 0 aliphatic rings. The van der Waals surface area contributed by atoms with Crippen LogP contribution in [0.25, 0.3) is 0 Å². The van der Waals surface area contributed by atoms with Gasteiger partial charge >= 0.3 is 5.97 Å². The molecule has 9 N–H and O–H groups in total. The molecule has 0 aliphatic carbocycles. The number of nitrogens with one attached hydrogen (secondary N) is 3. The third kappa shape index (κ3) is 10.0. The third-order valence-electron chi connectivity index (χ3n) is 6.46. The Kier molecular flexibility index (Phi) is 12.1. The molecule has 216 valence electrons. The smallest absolute Gasteiger partial charge is 0.326 e. The number of phenolic OH excluding ortho intramolecular Hbond substituents is 1. The second-order valence-electron chi connectivity index (χ2n) is 9.67. The summed E-state index contributed by atoms with van der Waals surface area (Å²) in [5.74, 6) is -4.70. The van der Waals surface area contributed by atoms with Crippen molar-refractivity contribution in [2.45, 2.75) is 63.7 Å². The summed E-state index contributed by atoms with van der Waals surface area (Å²) in [7, 11) is 0. The highest BCUT2D eigenvalue weighted by Gasteiger charge is 2.33. The topological polar surface area (TPSA) is 214 Å². The number of carboxylic acid groups (broad SMARTS) is 1. The number of aromatic hydroxyl groups is 1. The second kappa shape index (κ2) is 15.2. The van der Waals surface area contributed by atoms with E-state index in [1.165, 1.54) is 12.1 Å². The number of nitrogens with two attached hydrogens (primary N) is 2. The monoisotopic (exact) mass is 555 g/mol. The number of rotatable bonds is 15. The summed E-state index contributed by atoms with van der Waals surface area (Å²) >= 11 is 0. The minimum absolute atomic E-state index is 0.0167. The Hall–Kier alpha value is -4.45. The number of carbonyl (C=O) groups is 5. The fourth-order valence-corrected chi connectivity index (χ4v) is 3.94. The summed E-state index contributed by atoms with van der Waals surface area (Å²) in [5, 5.41) is 26.4. The van der Waals surface area contributed by atoms with Gasteiger partial charge in [0.15, 0.2) is 0 Å². The molecule has 40 heavy (non-hydrogen) atoms. The molecule has 0 spiro atoms. The Bertz CT molecular complexity index is 1170. The van der Waals surface area contributed by atoms with Crippen LogP contribution in [-0.2, 0) is 36.8 Å². The first kappa shape index (κ1) is 31.8. The van der Waals surface area contributed by atoms with E-state index < -0.39 is 60.2 Å². The summed E-state index contributed by atoms with van der Waals surface area (Å²) in [6.07, 6.45) is 0.0671. The highest BCUT2D eigenvalue weighted by molar-refractivity contribution is 5.95. The van der Waals surface area contributed by atoms with Crippen LogP contribution in [0.2, 0.25) is 0 Å². The molecular formula is C28H37N5O7. The van der Waals surface area contributed by atoms with Crippen LogP contribution in [0.4, 0.5) is 0 Å². The molecule has 12 nitrogen and oxygen atoms in total.